The summed E-state index contributed by atoms with van der Waals surface area (Å²) >= 11 is 1.29. The maximum Gasteiger partial charge on any atom is 0.250 e. The summed E-state index contributed by atoms with van der Waals surface area (Å²) in [5.74, 6) is 1.54. The van der Waals surface area contributed by atoms with Crippen LogP contribution in [0.1, 0.15) is 12.5 Å². The number of aromatic hydroxyl groups is 1. The van der Waals surface area contributed by atoms with Crippen molar-refractivity contribution in [3.05, 3.63) is 54.1 Å². The standard InChI is InChI=1S/C20H21N5O3S/c1-3-25-19(15-7-9-17(28-2)10-8-15)23-24-20(25)29-13-18(27)22-21-12-14-5-4-6-16(26)11-14/h4-12,26H,3,13H2,1-2H3,(H,22,27)/b21-12-. The van der Waals surface area contributed by atoms with Crippen LogP contribution in [0.25, 0.3) is 11.4 Å². The number of nitrogens with zero attached hydrogens (tertiary/aromatic N) is 4. The van der Waals surface area contributed by atoms with E-state index in [4.69, 9.17) is 4.74 Å². The van der Waals surface area contributed by atoms with Gasteiger partial charge in [0.1, 0.15) is 11.5 Å². The molecule has 9 heteroatoms. The van der Waals surface area contributed by atoms with Gasteiger partial charge in [-0.25, -0.2) is 5.43 Å². The number of ether oxygens (including phenoxy) is 1. The van der Waals surface area contributed by atoms with Crippen molar-refractivity contribution >= 4 is 23.9 Å². The molecule has 0 aliphatic heterocycles. The van der Waals surface area contributed by atoms with Gasteiger partial charge in [0, 0.05) is 12.1 Å². The lowest BCUT2D eigenvalue weighted by Gasteiger charge is -2.07. The molecular weight excluding hydrogens is 390 g/mol. The third-order valence-electron chi connectivity index (χ3n) is 3.99. The number of hydrogen-bond acceptors (Lipinski definition) is 7. The molecule has 2 aromatic carbocycles. The van der Waals surface area contributed by atoms with E-state index in [0.717, 1.165) is 17.1 Å². The van der Waals surface area contributed by atoms with E-state index in [1.165, 1.54) is 18.0 Å². The first kappa shape index (κ1) is 20.4. The van der Waals surface area contributed by atoms with Crippen molar-refractivity contribution < 1.29 is 14.6 Å². The van der Waals surface area contributed by atoms with Crippen molar-refractivity contribution in [2.45, 2.75) is 18.6 Å². The Morgan fingerprint density at radius 2 is 2.07 bits per heavy atom. The summed E-state index contributed by atoms with van der Waals surface area (Å²) in [6, 6.07) is 14.2. The Kier molecular flexibility index (Phi) is 6.85. The van der Waals surface area contributed by atoms with Gasteiger partial charge in [-0.15, -0.1) is 10.2 Å². The normalized spacial score (nSPS) is 11.0. The number of benzene rings is 2. The highest BCUT2D eigenvalue weighted by molar-refractivity contribution is 7.99. The number of carbonyl (C=O) groups excluding carboxylic acids is 1. The summed E-state index contributed by atoms with van der Waals surface area (Å²) in [5.41, 5.74) is 4.08. The minimum Gasteiger partial charge on any atom is -0.508 e. The fraction of sp³-hybridized carbons (Fsp3) is 0.200. The number of methoxy groups -OCH3 is 1. The maximum absolute atomic E-state index is 12.1. The zero-order valence-electron chi connectivity index (χ0n) is 16.1. The Hall–Kier alpha value is -3.33. The summed E-state index contributed by atoms with van der Waals surface area (Å²) < 4.78 is 7.14. The van der Waals surface area contributed by atoms with Crippen LogP contribution in [0, 0.1) is 0 Å². The summed E-state index contributed by atoms with van der Waals surface area (Å²) in [6.07, 6.45) is 1.47. The molecule has 0 aliphatic carbocycles. The monoisotopic (exact) mass is 411 g/mol. The van der Waals surface area contributed by atoms with E-state index in [1.54, 1.807) is 31.4 Å². The average Bonchev–Trinajstić information content (AvgIpc) is 3.15. The van der Waals surface area contributed by atoms with Gasteiger partial charge >= 0.3 is 0 Å². The van der Waals surface area contributed by atoms with Gasteiger partial charge in [-0.1, -0.05) is 23.9 Å². The second-order valence-corrected chi connectivity index (χ2v) is 6.90. The number of carbonyl (C=O) groups is 1. The first-order chi connectivity index (χ1) is 14.1. The van der Waals surface area contributed by atoms with E-state index in [2.05, 4.69) is 20.7 Å². The molecule has 8 nitrogen and oxygen atoms in total. The number of hydrazone groups is 1. The van der Waals surface area contributed by atoms with Crippen molar-refractivity contribution in [1.29, 1.82) is 0 Å². The number of nitrogens with one attached hydrogen (secondary N) is 1. The lowest BCUT2D eigenvalue weighted by atomic mass is 10.2. The lowest BCUT2D eigenvalue weighted by molar-refractivity contribution is -0.118. The fourth-order valence-electron chi connectivity index (χ4n) is 2.58. The minimum absolute atomic E-state index is 0.141. The molecule has 0 fully saturated rings. The topological polar surface area (TPSA) is 102 Å². The predicted octanol–water partition coefficient (Wildman–Crippen LogP) is 2.92. The highest BCUT2D eigenvalue weighted by Crippen LogP contribution is 2.25. The van der Waals surface area contributed by atoms with Crippen LogP contribution in [-0.2, 0) is 11.3 Å². The van der Waals surface area contributed by atoms with Crippen molar-refractivity contribution in [2.24, 2.45) is 5.10 Å². The van der Waals surface area contributed by atoms with E-state index < -0.39 is 0 Å². The SMILES string of the molecule is CCn1c(SCC(=O)N/N=C\c2cccc(O)c2)nnc1-c1ccc(OC)cc1. The molecule has 0 aliphatic rings. The molecule has 0 unspecified atom stereocenters. The molecule has 3 rings (SSSR count). The van der Waals surface area contributed by atoms with Crippen LogP contribution in [0.2, 0.25) is 0 Å². The molecule has 0 spiro atoms. The van der Waals surface area contributed by atoms with Crippen molar-refractivity contribution in [2.75, 3.05) is 12.9 Å². The third kappa shape index (κ3) is 5.35. The first-order valence-electron chi connectivity index (χ1n) is 8.92. The summed E-state index contributed by atoms with van der Waals surface area (Å²) in [7, 11) is 1.62. The van der Waals surface area contributed by atoms with Crippen molar-refractivity contribution in [3.63, 3.8) is 0 Å². The average molecular weight is 411 g/mol. The van der Waals surface area contributed by atoms with Gasteiger partial charge in [0.05, 0.1) is 19.1 Å². The number of phenols is 1. The number of hydrogen-bond donors (Lipinski definition) is 2. The maximum atomic E-state index is 12.1. The fourth-order valence-corrected chi connectivity index (χ4v) is 3.38. The number of phenolic OH excluding ortho intramolecular Hbond substituents is 1. The summed E-state index contributed by atoms with van der Waals surface area (Å²) in [6.45, 7) is 2.67. The molecule has 0 atom stereocenters. The highest BCUT2D eigenvalue weighted by atomic mass is 32.2. The molecule has 150 valence electrons. The molecule has 1 aromatic heterocycles. The quantitative estimate of drug-likeness (QED) is 0.336. The van der Waals surface area contributed by atoms with Gasteiger partial charge in [0.15, 0.2) is 11.0 Å². The molecule has 1 amide bonds. The molecular formula is C20H21N5O3S. The largest absolute Gasteiger partial charge is 0.508 e. The zero-order chi connectivity index (χ0) is 20.6. The second-order valence-electron chi connectivity index (χ2n) is 5.96. The number of thioether (sulfide) groups is 1. The number of aromatic nitrogens is 3. The van der Waals surface area contributed by atoms with E-state index >= 15 is 0 Å². The molecule has 3 aromatic rings. The molecule has 2 N–H and O–H groups in total. The Balaban J connectivity index is 1.60. The molecule has 0 bridgehead atoms. The summed E-state index contributed by atoms with van der Waals surface area (Å²) in [5, 5.41) is 22.5. The molecule has 1 heterocycles. The summed E-state index contributed by atoms with van der Waals surface area (Å²) in [4.78, 5) is 12.1. The van der Waals surface area contributed by atoms with Crippen LogP contribution in [0.3, 0.4) is 0 Å². The van der Waals surface area contributed by atoms with Crippen LogP contribution in [-0.4, -0.2) is 44.9 Å². The van der Waals surface area contributed by atoms with E-state index in [-0.39, 0.29) is 17.4 Å². The Morgan fingerprint density at radius 1 is 1.28 bits per heavy atom. The van der Waals surface area contributed by atoms with Gasteiger partial charge in [-0.3, -0.25) is 4.79 Å². The molecule has 0 saturated carbocycles. The third-order valence-corrected chi connectivity index (χ3v) is 4.95. The first-order valence-corrected chi connectivity index (χ1v) is 9.90. The van der Waals surface area contributed by atoms with Crippen LogP contribution in [0.4, 0.5) is 0 Å². The second kappa shape index (κ2) is 9.74. The van der Waals surface area contributed by atoms with Crippen LogP contribution in [0.15, 0.2) is 58.8 Å². The van der Waals surface area contributed by atoms with Crippen molar-refractivity contribution in [1.82, 2.24) is 20.2 Å². The smallest absolute Gasteiger partial charge is 0.250 e. The van der Waals surface area contributed by atoms with Gasteiger partial charge in [-0.05, 0) is 48.9 Å². The molecule has 0 radical (unpaired) electrons. The minimum atomic E-state index is -0.261. The Bertz CT molecular complexity index is 1000. The number of amides is 1. The van der Waals surface area contributed by atoms with Crippen LogP contribution >= 0.6 is 11.8 Å². The van der Waals surface area contributed by atoms with Gasteiger partial charge in [0.25, 0.3) is 5.91 Å². The van der Waals surface area contributed by atoms with E-state index in [0.29, 0.717) is 17.3 Å². The molecule has 0 saturated heterocycles. The predicted molar refractivity (Wildman–Crippen MR) is 112 cm³/mol. The van der Waals surface area contributed by atoms with Crippen molar-refractivity contribution in [3.8, 4) is 22.9 Å². The van der Waals surface area contributed by atoms with E-state index in [1.807, 2.05) is 35.8 Å². The number of rotatable bonds is 8. The van der Waals surface area contributed by atoms with Gasteiger partial charge in [0.2, 0.25) is 0 Å². The highest BCUT2D eigenvalue weighted by Gasteiger charge is 2.14. The van der Waals surface area contributed by atoms with Gasteiger partial charge < -0.3 is 14.4 Å². The zero-order valence-corrected chi connectivity index (χ0v) is 16.9. The van der Waals surface area contributed by atoms with Crippen LogP contribution < -0.4 is 10.2 Å². The van der Waals surface area contributed by atoms with Crippen LogP contribution in [0.5, 0.6) is 11.5 Å². The Labute approximate surface area is 172 Å². The van der Waals surface area contributed by atoms with E-state index in [9.17, 15) is 9.90 Å². The lowest BCUT2D eigenvalue weighted by Crippen LogP contribution is -2.20. The van der Waals surface area contributed by atoms with Gasteiger partial charge in [-0.2, -0.15) is 5.10 Å². The Morgan fingerprint density at radius 3 is 2.76 bits per heavy atom. The molecule has 29 heavy (non-hydrogen) atoms.